The summed E-state index contributed by atoms with van der Waals surface area (Å²) in [6.07, 6.45) is 14.9. The van der Waals surface area contributed by atoms with Gasteiger partial charge in [-0.3, -0.25) is 4.90 Å². The molecule has 0 aromatic heterocycles. The second-order valence-corrected chi connectivity index (χ2v) is 8.45. The van der Waals surface area contributed by atoms with Crippen molar-refractivity contribution in [3.8, 4) is 0 Å². The van der Waals surface area contributed by atoms with Crippen molar-refractivity contribution < 1.29 is 0 Å². The largest absolute Gasteiger partial charge is 0.300 e. The highest BCUT2D eigenvalue weighted by Gasteiger charge is 2.45. The Balaban J connectivity index is 1.32. The van der Waals surface area contributed by atoms with Gasteiger partial charge in [-0.15, -0.1) is 0 Å². The first-order valence-electron chi connectivity index (χ1n) is 9.81. The number of hydrogen-bond donors (Lipinski definition) is 0. The minimum absolute atomic E-state index is 0.862. The molecule has 4 aliphatic rings. The molecule has 4 fully saturated rings. The summed E-state index contributed by atoms with van der Waals surface area (Å²) in [4.78, 5) is 5.73. The van der Waals surface area contributed by atoms with E-state index in [1.54, 1.807) is 0 Å². The molecule has 2 unspecified atom stereocenters. The van der Waals surface area contributed by atoms with Crippen LogP contribution in [0.2, 0.25) is 0 Å². The van der Waals surface area contributed by atoms with Gasteiger partial charge in [0.2, 0.25) is 0 Å². The molecule has 0 amide bonds. The van der Waals surface area contributed by atoms with Crippen LogP contribution in [0.4, 0.5) is 0 Å². The first-order chi connectivity index (χ1) is 10.3. The molecule has 4 rings (SSSR count). The molecular formula is C19H34N2. The molecular weight excluding hydrogens is 256 g/mol. The molecule has 2 saturated carbocycles. The van der Waals surface area contributed by atoms with E-state index < -0.39 is 0 Å². The zero-order valence-corrected chi connectivity index (χ0v) is 14.0. The van der Waals surface area contributed by atoms with Crippen LogP contribution in [0, 0.1) is 11.8 Å². The van der Waals surface area contributed by atoms with E-state index in [2.05, 4.69) is 16.7 Å². The van der Waals surface area contributed by atoms with Crippen LogP contribution in [-0.2, 0) is 0 Å². The van der Waals surface area contributed by atoms with Crippen LogP contribution < -0.4 is 0 Å². The fourth-order valence-corrected chi connectivity index (χ4v) is 6.07. The van der Waals surface area contributed by atoms with Crippen LogP contribution in [0.15, 0.2) is 0 Å². The van der Waals surface area contributed by atoms with Gasteiger partial charge < -0.3 is 4.90 Å². The normalized spacial score (nSPS) is 45.9. The predicted molar refractivity (Wildman–Crippen MR) is 88.5 cm³/mol. The maximum atomic E-state index is 2.89. The van der Waals surface area contributed by atoms with E-state index in [9.17, 15) is 0 Å². The lowest BCUT2D eigenvalue weighted by Crippen LogP contribution is -2.44. The number of piperidine rings is 2. The lowest BCUT2D eigenvalue weighted by molar-refractivity contribution is 0.0969. The maximum absolute atomic E-state index is 2.89. The minimum Gasteiger partial charge on any atom is -0.300 e. The van der Waals surface area contributed by atoms with Crippen molar-refractivity contribution in [1.29, 1.82) is 0 Å². The third-order valence-electron chi connectivity index (χ3n) is 7.20. The van der Waals surface area contributed by atoms with E-state index in [0.717, 1.165) is 30.0 Å². The molecule has 0 spiro atoms. The number of rotatable bonds is 2. The van der Waals surface area contributed by atoms with Crippen molar-refractivity contribution in [3.63, 3.8) is 0 Å². The molecule has 0 N–H and O–H groups in total. The molecule has 2 nitrogen and oxygen atoms in total. The smallest absolute Gasteiger partial charge is 0.0104 e. The molecule has 0 bridgehead atoms. The zero-order chi connectivity index (χ0) is 14.2. The molecule has 5 atom stereocenters. The fraction of sp³-hybridized carbons (Fsp3) is 1.00. The first-order valence-corrected chi connectivity index (χ1v) is 9.81. The van der Waals surface area contributed by atoms with Gasteiger partial charge in [0.25, 0.3) is 0 Å². The zero-order valence-electron chi connectivity index (χ0n) is 14.0. The molecule has 2 heteroatoms. The third kappa shape index (κ3) is 2.91. The topological polar surface area (TPSA) is 6.48 Å². The number of likely N-dealkylation sites (tertiary alicyclic amines) is 2. The molecule has 2 heterocycles. The summed E-state index contributed by atoms with van der Waals surface area (Å²) in [7, 11) is 0. The highest BCUT2D eigenvalue weighted by Crippen LogP contribution is 2.48. The van der Waals surface area contributed by atoms with Crippen molar-refractivity contribution in [2.45, 2.75) is 89.3 Å². The van der Waals surface area contributed by atoms with Crippen molar-refractivity contribution >= 4 is 0 Å². The van der Waals surface area contributed by atoms with E-state index in [1.165, 1.54) is 83.8 Å². The van der Waals surface area contributed by atoms with Gasteiger partial charge in [-0.2, -0.15) is 0 Å². The Morgan fingerprint density at radius 3 is 1.95 bits per heavy atom. The Labute approximate surface area is 131 Å². The van der Waals surface area contributed by atoms with Gasteiger partial charge in [0.15, 0.2) is 0 Å². The van der Waals surface area contributed by atoms with Crippen molar-refractivity contribution in [2.75, 3.05) is 19.6 Å². The Morgan fingerprint density at radius 1 is 0.667 bits per heavy atom. The molecule has 0 aromatic rings. The Kier molecular flexibility index (Phi) is 4.28. The van der Waals surface area contributed by atoms with Crippen LogP contribution in [0.5, 0.6) is 0 Å². The standard InChI is InChI=1S/C19H34N2/c1-15-7-3-6-10-21(15)19-13-16-11-18(12-17(16)14-19)20-8-4-2-5-9-20/h15-19H,2-14H2,1H3/t15-,16-,17+,18?,19?/m0/s1. The summed E-state index contributed by atoms with van der Waals surface area (Å²) >= 11 is 0. The van der Waals surface area contributed by atoms with Crippen LogP contribution >= 0.6 is 0 Å². The summed E-state index contributed by atoms with van der Waals surface area (Å²) < 4.78 is 0. The quantitative estimate of drug-likeness (QED) is 0.761. The molecule has 2 aliphatic carbocycles. The average Bonchev–Trinajstić information content (AvgIpc) is 3.07. The van der Waals surface area contributed by atoms with Crippen molar-refractivity contribution in [1.82, 2.24) is 9.80 Å². The molecule has 0 aromatic carbocycles. The van der Waals surface area contributed by atoms with Crippen LogP contribution in [-0.4, -0.2) is 47.6 Å². The summed E-state index contributed by atoms with van der Waals surface area (Å²) in [5.41, 5.74) is 0. The van der Waals surface area contributed by atoms with Gasteiger partial charge in [0.1, 0.15) is 0 Å². The number of nitrogens with zero attached hydrogens (tertiary/aromatic N) is 2. The van der Waals surface area contributed by atoms with Crippen molar-refractivity contribution in [2.24, 2.45) is 11.8 Å². The summed E-state index contributed by atoms with van der Waals surface area (Å²) in [5, 5.41) is 0. The molecule has 21 heavy (non-hydrogen) atoms. The number of fused-ring (bicyclic) bond motifs is 1. The lowest BCUT2D eigenvalue weighted by Gasteiger charge is -2.39. The minimum atomic E-state index is 0.862. The van der Waals surface area contributed by atoms with E-state index in [-0.39, 0.29) is 0 Å². The second kappa shape index (κ2) is 6.20. The Morgan fingerprint density at radius 2 is 1.29 bits per heavy atom. The summed E-state index contributed by atoms with van der Waals surface area (Å²) in [6, 6.07) is 2.76. The maximum Gasteiger partial charge on any atom is 0.0104 e. The number of hydrogen-bond acceptors (Lipinski definition) is 2. The van der Waals surface area contributed by atoms with E-state index in [0.29, 0.717) is 0 Å². The van der Waals surface area contributed by atoms with Gasteiger partial charge in [0, 0.05) is 18.1 Å². The molecule has 2 saturated heterocycles. The van der Waals surface area contributed by atoms with Crippen LogP contribution in [0.25, 0.3) is 0 Å². The summed E-state index contributed by atoms with van der Waals surface area (Å²) in [6.45, 7) is 6.66. The highest BCUT2D eigenvalue weighted by atomic mass is 15.2. The molecule has 120 valence electrons. The van der Waals surface area contributed by atoms with E-state index in [1.807, 2.05) is 0 Å². The highest BCUT2D eigenvalue weighted by molar-refractivity contribution is 4.99. The molecule has 0 radical (unpaired) electrons. The van der Waals surface area contributed by atoms with Gasteiger partial charge in [0.05, 0.1) is 0 Å². The predicted octanol–water partition coefficient (Wildman–Crippen LogP) is 3.90. The van der Waals surface area contributed by atoms with Gasteiger partial charge in [-0.1, -0.05) is 12.8 Å². The SMILES string of the molecule is C[C@H]1CCCCN1C1C[C@H]2CC(N3CCCCC3)C[C@H]2C1. The van der Waals surface area contributed by atoms with Gasteiger partial charge in [-0.05, 0) is 89.8 Å². The van der Waals surface area contributed by atoms with E-state index >= 15 is 0 Å². The van der Waals surface area contributed by atoms with Crippen molar-refractivity contribution in [3.05, 3.63) is 0 Å². The van der Waals surface area contributed by atoms with Crippen LogP contribution in [0.3, 0.4) is 0 Å². The Hall–Kier alpha value is -0.0800. The lowest BCUT2D eigenvalue weighted by atomic mass is 9.98. The fourth-order valence-electron chi connectivity index (χ4n) is 6.07. The third-order valence-corrected chi connectivity index (χ3v) is 7.20. The second-order valence-electron chi connectivity index (χ2n) is 8.45. The average molecular weight is 290 g/mol. The van der Waals surface area contributed by atoms with E-state index in [4.69, 9.17) is 0 Å². The monoisotopic (exact) mass is 290 g/mol. The Bertz CT molecular complexity index is 335. The summed E-state index contributed by atoms with van der Waals surface area (Å²) in [5.74, 6) is 2.13. The van der Waals surface area contributed by atoms with Gasteiger partial charge >= 0.3 is 0 Å². The molecule has 2 aliphatic heterocycles. The van der Waals surface area contributed by atoms with Crippen LogP contribution in [0.1, 0.15) is 71.1 Å². The van der Waals surface area contributed by atoms with Gasteiger partial charge in [-0.25, -0.2) is 0 Å². The first kappa shape index (κ1) is 14.5.